The number of halogens is 3. The summed E-state index contributed by atoms with van der Waals surface area (Å²) in [7, 11) is 2.73. The molecule has 1 amide bonds. The molecule has 0 saturated carbocycles. The van der Waals surface area contributed by atoms with Crippen molar-refractivity contribution in [1.82, 2.24) is 14.7 Å². The van der Waals surface area contributed by atoms with Gasteiger partial charge in [-0.05, 0) is 49.7 Å². The minimum atomic E-state index is -4.53. The Morgan fingerprint density at radius 1 is 1.06 bits per heavy atom. The molecule has 0 bridgehead atoms. The molecule has 0 radical (unpaired) electrons. The number of hydrogen-bond donors (Lipinski definition) is 0. The molecule has 0 atom stereocenters. The van der Waals surface area contributed by atoms with E-state index >= 15 is 0 Å². The highest BCUT2D eigenvalue weighted by Gasteiger charge is 2.31. The molecule has 1 heterocycles. The molecule has 1 aromatic heterocycles. The van der Waals surface area contributed by atoms with Crippen LogP contribution in [0.3, 0.4) is 0 Å². The van der Waals surface area contributed by atoms with Gasteiger partial charge in [0.15, 0.2) is 0 Å². The number of carbonyl (C=O) groups is 3. The first-order chi connectivity index (χ1) is 15.9. The summed E-state index contributed by atoms with van der Waals surface area (Å²) >= 11 is 0. The van der Waals surface area contributed by atoms with Crippen molar-refractivity contribution in [2.75, 3.05) is 14.2 Å². The van der Waals surface area contributed by atoms with E-state index in [1.165, 1.54) is 49.7 Å². The Balaban J connectivity index is 1.82. The lowest BCUT2D eigenvalue weighted by atomic mass is 10.1. The number of rotatable bonds is 6. The van der Waals surface area contributed by atoms with Crippen molar-refractivity contribution in [1.29, 1.82) is 0 Å². The van der Waals surface area contributed by atoms with Crippen LogP contribution in [0.25, 0.3) is 5.69 Å². The van der Waals surface area contributed by atoms with Crippen molar-refractivity contribution >= 4 is 17.7 Å². The molecule has 0 fully saturated rings. The second-order valence-electron chi connectivity index (χ2n) is 7.68. The van der Waals surface area contributed by atoms with Crippen molar-refractivity contribution < 1.29 is 32.3 Å². The van der Waals surface area contributed by atoms with E-state index in [9.17, 15) is 27.6 Å². The van der Waals surface area contributed by atoms with Gasteiger partial charge in [0, 0.05) is 13.6 Å². The average Bonchev–Trinajstić information content (AvgIpc) is 3.11. The van der Waals surface area contributed by atoms with Gasteiger partial charge in [-0.15, -0.1) is 0 Å². The normalized spacial score (nSPS) is 11.3. The molecule has 3 aromatic rings. The highest BCUT2D eigenvalue weighted by molar-refractivity contribution is 6.43. The molecular weight excluding hydrogens is 451 g/mol. The van der Waals surface area contributed by atoms with Gasteiger partial charge in [-0.25, -0.2) is 9.48 Å². The Morgan fingerprint density at radius 3 is 2.29 bits per heavy atom. The molecule has 0 saturated heterocycles. The van der Waals surface area contributed by atoms with Gasteiger partial charge in [-0.1, -0.05) is 18.2 Å². The van der Waals surface area contributed by atoms with Crippen molar-refractivity contribution in [3.8, 4) is 5.69 Å². The predicted octanol–water partition coefficient (Wildman–Crippen LogP) is 4.14. The first kappa shape index (κ1) is 24.7. The molecule has 0 unspecified atom stereocenters. The molecule has 34 heavy (non-hydrogen) atoms. The van der Waals surface area contributed by atoms with Crippen molar-refractivity contribution in [2.45, 2.75) is 26.6 Å². The third-order valence-corrected chi connectivity index (χ3v) is 5.27. The summed E-state index contributed by atoms with van der Waals surface area (Å²) in [6.45, 7) is 3.14. The quantitative estimate of drug-likeness (QED) is 0.305. The summed E-state index contributed by atoms with van der Waals surface area (Å²) in [6, 6.07) is 10.9. The van der Waals surface area contributed by atoms with E-state index in [2.05, 4.69) is 9.84 Å². The standard InChI is InChI=1S/C24H22F3N3O4/c1-14-20(15(2)30(28-14)19-7-5-6-18(12-19)24(25,26)27)21(31)22(32)29(3)13-16-8-10-17(11-9-16)23(33)34-4/h5-12H,13H2,1-4H3. The highest BCUT2D eigenvalue weighted by Crippen LogP contribution is 2.31. The molecule has 10 heteroatoms. The second-order valence-corrected chi connectivity index (χ2v) is 7.68. The van der Waals surface area contributed by atoms with E-state index in [1.807, 2.05) is 0 Å². The maximum absolute atomic E-state index is 13.1. The Kier molecular flexibility index (Phi) is 6.90. The number of carbonyl (C=O) groups excluding carboxylic acids is 3. The number of likely N-dealkylation sites (N-methyl/N-ethyl adjacent to an activating group) is 1. The number of ketones is 1. The van der Waals surface area contributed by atoms with E-state index in [1.54, 1.807) is 24.3 Å². The van der Waals surface area contributed by atoms with Crippen molar-refractivity contribution in [2.24, 2.45) is 0 Å². The van der Waals surface area contributed by atoms with E-state index in [0.29, 0.717) is 11.1 Å². The van der Waals surface area contributed by atoms with Crippen LogP contribution < -0.4 is 0 Å². The summed E-state index contributed by atoms with van der Waals surface area (Å²) in [5.74, 6) is -2.11. The summed E-state index contributed by atoms with van der Waals surface area (Å²) in [6.07, 6.45) is -4.53. The minimum Gasteiger partial charge on any atom is -0.465 e. The zero-order valence-corrected chi connectivity index (χ0v) is 18.9. The van der Waals surface area contributed by atoms with E-state index in [4.69, 9.17) is 0 Å². The smallest absolute Gasteiger partial charge is 0.416 e. The first-order valence-electron chi connectivity index (χ1n) is 10.1. The van der Waals surface area contributed by atoms with E-state index < -0.39 is 29.4 Å². The molecule has 0 N–H and O–H groups in total. The monoisotopic (exact) mass is 473 g/mol. The molecule has 0 aliphatic carbocycles. The van der Waals surface area contributed by atoms with Crippen LogP contribution in [0.1, 0.15) is 43.2 Å². The zero-order valence-electron chi connectivity index (χ0n) is 18.9. The van der Waals surface area contributed by atoms with Gasteiger partial charge in [0.1, 0.15) is 0 Å². The summed E-state index contributed by atoms with van der Waals surface area (Å²) in [4.78, 5) is 38.6. The number of aryl methyl sites for hydroxylation is 1. The Hall–Kier alpha value is -3.95. The van der Waals surface area contributed by atoms with Crippen LogP contribution >= 0.6 is 0 Å². The van der Waals surface area contributed by atoms with Crippen LogP contribution in [0.15, 0.2) is 48.5 Å². The van der Waals surface area contributed by atoms with Crippen LogP contribution in [-0.4, -0.2) is 46.5 Å². The first-order valence-corrected chi connectivity index (χ1v) is 10.1. The van der Waals surface area contributed by atoms with Gasteiger partial charge in [-0.2, -0.15) is 18.3 Å². The third-order valence-electron chi connectivity index (χ3n) is 5.27. The number of aromatic nitrogens is 2. The maximum Gasteiger partial charge on any atom is 0.416 e. The molecule has 178 valence electrons. The lowest BCUT2D eigenvalue weighted by Crippen LogP contribution is -2.33. The van der Waals surface area contributed by atoms with Crippen LogP contribution in [0.5, 0.6) is 0 Å². The van der Waals surface area contributed by atoms with Gasteiger partial charge >= 0.3 is 12.1 Å². The number of amides is 1. The van der Waals surface area contributed by atoms with Gasteiger partial charge in [-0.3, -0.25) is 9.59 Å². The fourth-order valence-corrected chi connectivity index (χ4v) is 3.53. The Morgan fingerprint density at radius 2 is 1.71 bits per heavy atom. The number of ether oxygens (including phenoxy) is 1. The SMILES string of the molecule is COC(=O)c1ccc(CN(C)C(=O)C(=O)c2c(C)nn(-c3cccc(C(F)(F)F)c3)c2C)cc1. The van der Waals surface area contributed by atoms with Gasteiger partial charge < -0.3 is 9.64 Å². The van der Waals surface area contributed by atoms with Gasteiger partial charge in [0.05, 0.1) is 40.9 Å². The van der Waals surface area contributed by atoms with Gasteiger partial charge in [0.2, 0.25) is 0 Å². The number of alkyl halides is 3. The summed E-state index contributed by atoms with van der Waals surface area (Å²) < 4.78 is 45.1. The number of methoxy groups -OCH3 is 1. The van der Waals surface area contributed by atoms with Crippen LogP contribution in [0.2, 0.25) is 0 Å². The van der Waals surface area contributed by atoms with Crippen LogP contribution in [0.4, 0.5) is 13.2 Å². The predicted molar refractivity (Wildman–Crippen MR) is 117 cm³/mol. The molecular formula is C24H22F3N3O4. The Bertz CT molecular complexity index is 1250. The zero-order chi connectivity index (χ0) is 25.2. The molecule has 0 aliphatic heterocycles. The maximum atomic E-state index is 13.1. The number of nitrogens with zero attached hydrogens (tertiary/aromatic N) is 3. The molecule has 2 aromatic carbocycles. The third kappa shape index (κ3) is 5.00. The van der Waals surface area contributed by atoms with Crippen LogP contribution in [0, 0.1) is 13.8 Å². The average molecular weight is 473 g/mol. The molecule has 7 nitrogen and oxygen atoms in total. The molecule has 3 rings (SSSR count). The van der Waals surface area contributed by atoms with Crippen molar-refractivity contribution in [3.05, 3.63) is 82.2 Å². The molecule has 0 aliphatic rings. The topological polar surface area (TPSA) is 81.5 Å². The fraction of sp³-hybridized carbons (Fsp3) is 0.250. The summed E-state index contributed by atoms with van der Waals surface area (Å²) in [5.41, 5.74) is 0.833. The number of Topliss-reactive ketones (excluding diaryl/α,β-unsaturated/α-hetero) is 1. The van der Waals surface area contributed by atoms with Crippen LogP contribution in [-0.2, 0) is 22.3 Å². The summed E-state index contributed by atoms with van der Waals surface area (Å²) in [5, 5.41) is 4.20. The van der Waals surface area contributed by atoms with E-state index in [0.717, 1.165) is 12.1 Å². The minimum absolute atomic E-state index is 0.0373. The largest absolute Gasteiger partial charge is 0.465 e. The number of hydrogen-bond acceptors (Lipinski definition) is 5. The van der Waals surface area contributed by atoms with E-state index in [-0.39, 0.29) is 29.2 Å². The Labute approximate surface area is 193 Å². The lowest BCUT2D eigenvalue weighted by molar-refractivity contribution is -0.137. The number of benzene rings is 2. The molecule has 0 spiro atoms. The number of esters is 1. The second kappa shape index (κ2) is 9.50. The highest BCUT2D eigenvalue weighted by atomic mass is 19.4. The fourth-order valence-electron chi connectivity index (χ4n) is 3.53. The van der Waals surface area contributed by atoms with Crippen molar-refractivity contribution in [3.63, 3.8) is 0 Å². The lowest BCUT2D eigenvalue weighted by Gasteiger charge is -2.17. The van der Waals surface area contributed by atoms with Gasteiger partial charge in [0.25, 0.3) is 11.7 Å².